The zero-order valence-corrected chi connectivity index (χ0v) is 50.8. The number of H-pyrrole nitrogens is 1. The summed E-state index contributed by atoms with van der Waals surface area (Å²) < 4.78 is 1.19. The molecule has 80 heavy (non-hydrogen) atoms. The molecule has 450 valence electrons. The first-order valence-corrected chi connectivity index (χ1v) is 28.5. The highest BCUT2D eigenvalue weighted by atomic mass is 16.2. The fraction of sp³-hybridized carbons (Fsp3) is 0.690. The molecule has 22 heteroatoms. The van der Waals surface area contributed by atoms with Crippen molar-refractivity contribution in [1.29, 1.82) is 0 Å². The van der Waals surface area contributed by atoms with Crippen LogP contribution in [0.5, 0.6) is 0 Å². The van der Waals surface area contributed by atoms with Gasteiger partial charge in [0.25, 0.3) is 11.8 Å². The molecule has 0 saturated carbocycles. The molecule has 0 aliphatic heterocycles. The average Bonchev–Trinajstić information content (AvgIpc) is 4.07. The number of rotatable bonds is 35. The number of unbranched alkanes of at least 4 members (excludes halogenated alkanes) is 5. The van der Waals surface area contributed by atoms with Gasteiger partial charge in [-0.1, -0.05) is 87.0 Å². The summed E-state index contributed by atoms with van der Waals surface area (Å²) in [5, 5.41) is 24.9. The lowest BCUT2D eigenvalue weighted by molar-refractivity contribution is -0.139. The van der Waals surface area contributed by atoms with Crippen LogP contribution in [-0.4, -0.2) is 148 Å². The number of amides is 9. The van der Waals surface area contributed by atoms with Crippen LogP contribution in [0.15, 0.2) is 36.7 Å². The molecule has 0 bridgehead atoms. The third kappa shape index (κ3) is 24.0. The molecule has 0 unspecified atom stereocenters. The summed E-state index contributed by atoms with van der Waals surface area (Å²) in [6.45, 7) is 24.7. The zero-order chi connectivity index (χ0) is 60.7. The van der Waals surface area contributed by atoms with Crippen LogP contribution in [0.25, 0.3) is 0 Å². The van der Waals surface area contributed by atoms with Crippen molar-refractivity contribution in [2.75, 3.05) is 27.2 Å². The molecule has 0 aromatic carbocycles. The summed E-state index contributed by atoms with van der Waals surface area (Å²) in [5.41, 5.74) is -4.39. The Labute approximate surface area is 475 Å². The summed E-state index contributed by atoms with van der Waals surface area (Å²) in [6, 6.07) is 1.62. The van der Waals surface area contributed by atoms with E-state index >= 15 is 0 Å². The summed E-state index contributed by atoms with van der Waals surface area (Å²) in [7, 11) is 3.79. The molecule has 2 aromatic heterocycles. The smallest absolute Gasteiger partial charge is 0.278 e. The largest absolute Gasteiger partial charge is 0.357 e. The Bertz CT molecular complexity index is 2370. The van der Waals surface area contributed by atoms with Gasteiger partial charge in [0.05, 0.1) is 0 Å². The SMILES string of the molecule is CCCCCCCC[C@H](NC(=O)c1cccn1C(=O)c1ccc[nH]1)C(=O)N[C@@H](CC(C)C)C(=O)NC(C)(C)C(=O)N[C@@H](CC(C)C)C(=O)N[C@@H](CC(C)C)C(=O)NC(C)(C)C(=O)NC(C)(C)C(=O)NCCC(=O)N[C@@H](C)CN(C)C. The second-order valence-electron chi connectivity index (χ2n) is 24.3. The van der Waals surface area contributed by atoms with Crippen LogP contribution in [0.3, 0.4) is 0 Å². The van der Waals surface area contributed by atoms with Gasteiger partial charge < -0.3 is 57.7 Å². The molecule has 5 atom stereocenters. The zero-order valence-electron chi connectivity index (χ0n) is 50.8. The third-order valence-corrected chi connectivity index (χ3v) is 13.2. The number of likely N-dealkylation sites (N-methyl/N-ethyl adjacent to an activating group) is 1. The number of hydrogen-bond acceptors (Lipinski definition) is 11. The molecule has 2 heterocycles. The number of nitrogens with zero attached hydrogens (tertiary/aromatic N) is 2. The minimum absolute atomic E-state index is 0.0210. The summed E-state index contributed by atoms with van der Waals surface area (Å²) in [5.74, 6) is -6.33. The van der Waals surface area contributed by atoms with Crippen LogP contribution in [-0.2, 0) is 38.4 Å². The van der Waals surface area contributed by atoms with Crippen molar-refractivity contribution in [2.45, 2.75) is 214 Å². The fourth-order valence-corrected chi connectivity index (χ4v) is 8.81. The van der Waals surface area contributed by atoms with E-state index in [2.05, 4.69) is 59.8 Å². The topological polar surface area (TPSA) is 303 Å². The van der Waals surface area contributed by atoms with Gasteiger partial charge in [-0.3, -0.25) is 52.5 Å². The summed E-state index contributed by atoms with van der Waals surface area (Å²) in [6.07, 6.45) is 9.32. The minimum atomic E-state index is -1.65. The number of carbonyl (C=O) groups excluding carboxylic acids is 10. The van der Waals surface area contributed by atoms with E-state index in [1.807, 2.05) is 67.5 Å². The first-order valence-electron chi connectivity index (χ1n) is 28.5. The maximum Gasteiger partial charge on any atom is 0.278 e. The van der Waals surface area contributed by atoms with Gasteiger partial charge in [0.2, 0.25) is 47.3 Å². The van der Waals surface area contributed by atoms with Gasteiger partial charge in [-0.15, -0.1) is 0 Å². The van der Waals surface area contributed by atoms with Crippen LogP contribution in [0, 0.1) is 17.8 Å². The van der Waals surface area contributed by atoms with Gasteiger partial charge in [-0.05, 0) is 130 Å². The molecule has 9 amide bonds. The van der Waals surface area contributed by atoms with Crippen molar-refractivity contribution in [3.8, 4) is 0 Å². The molecular formula is C58H98N12O10. The van der Waals surface area contributed by atoms with E-state index in [4.69, 9.17) is 0 Å². The van der Waals surface area contributed by atoms with Gasteiger partial charge in [-0.2, -0.15) is 0 Å². The third-order valence-electron chi connectivity index (χ3n) is 13.2. The van der Waals surface area contributed by atoms with E-state index in [1.165, 1.54) is 58.4 Å². The molecular weight excluding hydrogens is 1020 g/mol. The van der Waals surface area contributed by atoms with Crippen molar-refractivity contribution in [2.24, 2.45) is 17.8 Å². The van der Waals surface area contributed by atoms with E-state index in [-0.39, 0.29) is 79.7 Å². The Kier molecular flexibility index (Phi) is 28.3. The maximum atomic E-state index is 14.2. The number of aromatic amines is 1. The number of hydrogen-bond donors (Lipinski definition) is 10. The first-order chi connectivity index (χ1) is 37.2. The van der Waals surface area contributed by atoms with Crippen LogP contribution in [0.4, 0.5) is 0 Å². The van der Waals surface area contributed by atoms with E-state index in [9.17, 15) is 47.9 Å². The highest BCUT2D eigenvalue weighted by Gasteiger charge is 2.40. The maximum absolute atomic E-state index is 14.2. The van der Waals surface area contributed by atoms with Gasteiger partial charge in [0, 0.05) is 37.9 Å². The van der Waals surface area contributed by atoms with Gasteiger partial charge in [-0.25, -0.2) is 0 Å². The van der Waals surface area contributed by atoms with Crippen molar-refractivity contribution in [3.05, 3.63) is 48.0 Å². The first kappa shape index (κ1) is 69.5. The highest BCUT2D eigenvalue weighted by molar-refractivity contribution is 6.04. The highest BCUT2D eigenvalue weighted by Crippen LogP contribution is 2.17. The lowest BCUT2D eigenvalue weighted by Gasteiger charge is -2.33. The van der Waals surface area contributed by atoms with Gasteiger partial charge in [0.1, 0.15) is 52.2 Å². The summed E-state index contributed by atoms with van der Waals surface area (Å²) >= 11 is 0. The monoisotopic (exact) mass is 1120 g/mol. The number of aromatic nitrogens is 2. The molecule has 0 fully saturated rings. The molecule has 0 saturated heterocycles. The Morgan fingerprint density at radius 1 is 0.562 bits per heavy atom. The lowest BCUT2D eigenvalue weighted by atomic mass is 9.96. The van der Waals surface area contributed by atoms with Crippen LogP contribution < -0.4 is 47.9 Å². The molecule has 0 spiro atoms. The Hall–Kier alpha value is -6.58. The van der Waals surface area contributed by atoms with Crippen LogP contribution >= 0.6 is 0 Å². The minimum Gasteiger partial charge on any atom is -0.357 e. The van der Waals surface area contributed by atoms with E-state index in [0.29, 0.717) is 13.0 Å². The summed E-state index contributed by atoms with van der Waals surface area (Å²) in [4.78, 5) is 142. The van der Waals surface area contributed by atoms with Crippen LogP contribution in [0.2, 0.25) is 0 Å². The molecule has 10 N–H and O–H groups in total. The molecule has 2 aromatic rings. The average molecular weight is 1120 g/mol. The Morgan fingerprint density at radius 3 is 1.57 bits per heavy atom. The predicted molar refractivity (Wildman–Crippen MR) is 309 cm³/mol. The molecule has 0 radical (unpaired) electrons. The molecule has 2 rings (SSSR count). The van der Waals surface area contributed by atoms with Gasteiger partial charge in [0.15, 0.2) is 0 Å². The molecule has 0 aliphatic carbocycles. The predicted octanol–water partition coefficient (Wildman–Crippen LogP) is 4.20. The van der Waals surface area contributed by atoms with Crippen molar-refractivity contribution < 1.29 is 47.9 Å². The standard InChI is InChI=1S/C58H98N12O10/c1-17-18-19-20-21-22-25-40(62-51(76)45-27-24-31-70(45)52(77)41-26-23-29-59-41)47(72)63-43(33-37(4)5)49(74)66-57(11,12)54(79)65-42(32-36(2)3)48(73)64-44(34-38(6)7)50(75)67-58(13,14)55(80)68-56(9,10)53(78)60-30-28-46(71)61-39(8)35-69(15)16/h23-24,26-27,29,31,36-40,42-44,59H,17-22,25,28,30,32-35H2,1-16H3,(H,60,78)(H,61,71)(H,62,76)(H,63,72)(H,64,73)(H,65,79)(H,66,74)(H,67,75)(H,68,80)/t39-,40-,42-,43-,44-/m0/s1. The fourth-order valence-electron chi connectivity index (χ4n) is 8.81. The van der Waals surface area contributed by atoms with Crippen molar-refractivity contribution in [1.82, 2.24) is 62.3 Å². The Morgan fingerprint density at radius 2 is 1.06 bits per heavy atom. The van der Waals surface area contributed by atoms with Crippen molar-refractivity contribution >= 4 is 59.1 Å². The second-order valence-corrected chi connectivity index (χ2v) is 24.3. The lowest BCUT2D eigenvalue weighted by Crippen LogP contribution is -2.65. The number of nitrogens with one attached hydrogen (secondary N) is 10. The second kappa shape index (κ2) is 32.6. The quantitative estimate of drug-likeness (QED) is 0.0436. The number of carbonyl (C=O) groups is 10. The van der Waals surface area contributed by atoms with E-state index in [1.54, 1.807) is 24.4 Å². The molecule has 22 nitrogen and oxygen atoms in total. The van der Waals surface area contributed by atoms with Crippen molar-refractivity contribution in [3.63, 3.8) is 0 Å². The Balaban J connectivity index is 2.25. The van der Waals surface area contributed by atoms with E-state index < -0.39 is 93.9 Å². The molecule has 0 aliphatic rings. The van der Waals surface area contributed by atoms with E-state index in [0.717, 1.165) is 32.1 Å². The van der Waals surface area contributed by atoms with Crippen LogP contribution in [0.1, 0.15) is 189 Å². The van der Waals surface area contributed by atoms with Gasteiger partial charge >= 0.3 is 0 Å². The normalized spacial score (nSPS) is 13.8.